The second-order valence-electron chi connectivity index (χ2n) is 2.63. The van der Waals surface area contributed by atoms with E-state index < -0.39 is 0 Å². The molecule has 3 N–H and O–H groups in total. The van der Waals surface area contributed by atoms with Gasteiger partial charge in [-0.25, -0.2) is 5.90 Å². The van der Waals surface area contributed by atoms with Crippen LogP contribution >= 0.6 is 11.8 Å². The maximum Gasteiger partial charge on any atom is 0.129 e. The Labute approximate surface area is 81.9 Å². The molecular formula is C9H13NO2S. The lowest BCUT2D eigenvalue weighted by atomic mass is 10.1. The highest BCUT2D eigenvalue weighted by Crippen LogP contribution is 2.27. The first-order chi connectivity index (χ1) is 6.27. The third-order valence-electron chi connectivity index (χ3n) is 1.75. The fraction of sp³-hybridized carbons (Fsp3) is 0.333. The molecule has 0 spiro atoms. The van der Waals surface area contributed by atoms with Gasteiger partial charge in [-0.15, -0.1) is 11.8 Å². The van der Waals surface area contributed by atoms with Crippen molar-refractivity contribution in [2.45, 2.75) is 11.3 Å². The molecule has 0 fully saturated rings. The van der Waals surface area contributed by atoms with Gasteiger partial charge in [0.15, 0.2) is 0 Å². The van der Waals surface area contributed by atoms with Crippen LogP contribution < -0.4 is 5.90 Å². The molecule has 13 heavy (non-hydrogen) atoms. The molecule has 0 aromatic heterocycles. The minimum Gasteiger partial charge on any atom is -0.507 e. The van der Waals surface area contributed by atoms with E-state index in [4.69, 9.17) is 5.90 Å². The predicted octanol–water partition coefficient (Wildman–Crippen LogP) is 1.55. The van der Waals surface area contributed by atoms with Crippen molar-refractivity contribution in [2.75, 3.05) is 12.9 Å². The third kappa shape index (κ3) is 2.91. The maximum absolute atomic E-state index is 9.50. The summed E-state index contributed by atoms with van der Waals surface area (Å²) in [6, 6.07) is 5.60. The molecule has 0 aliphatic rings. The van der Waals surface area contributed by atoms with E-state index in [1.165, 1.54) is 11.8 Å². The van der Waals surface area contributed by atoms with Crippen molar-refractivity contribution in [2.24, 2.45) is 5.90 Å². The Morgan fingerprint density at radius 2 is 2.31 bits per heavy atom. The molecule has 1 aromatic rings. The van der Waals surface area contributed by atoms with Crippen molar-refractivity contribution in [3.8, 4) is 5.75 Å². The Kier molecular flexibility index (Phi) is 4.08. The lowest BCUT2D eigenvalue weighted by Crippen LogP contribution is -2.03. The SMILES string of the molecule is CSc1ccc(CCON)cc1O. The Morgan fingerprint density at radius 3 is 2.85 bits per heavy atom. The smallest absolute Gasteiger partial charge is 0.129 e. The number of phenolic OH excluding ortho intramolecular Hbond substituents is 1. The van der Waals surface area contributed by atoms with Gasteiger partial charge in [-0.2, -0.15) is 0 Å². The lowest BCUT2D eigenvalue weighted by Gasteiger charge is -2.04. The van der Waals surface area contributed by atoms with E-state index >= 15 is 0 Å². The summed E-state index contributed by atoms with van der Waals surface area (Å²) < 4.78 is 0. The zero-order valence-electron chi connectivity index (χ0n) is 7.49. The number of phenols is 1. The highest BCUT2D eigenvalue weighted by Gasteiger charge is 2.00. The molecule has 0 amide bonds. The van der Waals surface area contributed by atoms with E-state index in [2.05, 4.69) is 4.84 Å². The van der Waals surface area contributed by atoms with Crippen LogP contribution in [0.4, 0.5) is 0 Å². The number of hydrogen-bond acceptors (Lipinski definition) is 4. The summed E-state index contributed by atoms with van der Waals surface area (Å²) in [7, 11) is 0. The van der Waals surface area contributed by atoms with Crippen LogP contribution in [0.2, 0.25) is 0 Å². The average molecular weight is 199 g/mol. The second kappa shape index (κ2) is 5.11. The molecule has 1 rings (SSSR count). The van der Waals surface area contributed by atoms with E-state index in [-0.39, 0.29) is 0 Å². The minimum absolute atomic E-state index is 0.321. The van der Waals surface area contributed by atoms with Gasteiger partial charge in [-0.05, 0) is 30.4 Å². The second-order valence-corrected chi connectivity index (χ2v) is 3.48. The van der Waals surface area contributed by atoms with E-state index in [0.717, 1.165) is 16.9 Å². The zero-order chi connectivity index (χ0) is 9.68. The third-order valence-corrected chi connectivity index (χ3v) is 2.54. The summed E-state index contributed by atoms with van der Waals surface area (Å²) in [5.41, 5.74) is 1.03. The quantitative estimate of drug-likeness (QED) is 0.570. The molecule has 1 aromatic carbocycles. The summed E-state index contributed by atoms with van der Waals surface area (Å²) in [4.78, 5) is 5.34. The summed E-state index contributed by atoms with van der Waals surface area (Å²) in [6.45, 7) is 0.470. The first-order valence-electron chi connectivity index (χ1n) is 3.95. The van der Waals surface area contributed by atoms with Crippen molar-refractivity contribution in [1.82, 2.24) is 0 Å². The standard InChI is InChI=1S/C9H13NO2S/c1-13-9-3-2-7(4-5-12-10)6-8(9)11/h2-3,6,11H,4-5,10H2,1H3. The molecule has 0 saturated heterocycles. The van der Waals surface area contributed by atoms with Gasteiger partial charge < -0.3 is 9.94 Å². The minimum atomic E-state index is 0.321. The summed E-state index contributed by atoms with van der Waals surface area (Å²) >= 11 is 1.52. The van der Waals surface area contributed by atoms with Gasteiger partial charge in [0.05, 0.1) is 6.61 Å². The highest BCUT2D eigenvalue weighted by molar-refractivity contribution is 7.98. The highest BCUT2D eigenvalue weighted by atomic mass is 32.2. The summed E-state index contributed by atoms with van der Waals surface area (Å²) in [6.07, 6.45) is 2.65. The van der Waals surface area contributed by atoms with Gasteiger partial charge in [-0.3, -0.25) is 0 Å². The van der Waals surface area contributed by atoms with E-state index in [0.29, 0.717) is 12.4 Å². The number of nitrogens with two attached hydrogens (primary N) is 1. The van der Waals surface area contributed by atoms with Gasteiger partial charge in [0.2, 0.25) is 0 Å². The van der Waals surface area contributed by atoms with Gasteiger partial charge in [0.25, 0.3) is 0 Å². The first-order valence-corrected chi connectivity index (χ1v) is 5.18. The van der Waals surface area contributed by atoms with Crippen molar-refractivity contribution >= 4 is 11.8 Å². The molecular weight excluding hydrogens is 186 g/mol. The number of rotatable bonds is 4. The molecule has 0 radical (unpaired) electrons. The van der Waals surface area contributed by atoms with Crippen LogP contribution in [-0.4, -0.2) is 18.0 Å². The summed E-state index contributed by atoms with van der Waals surface area (Å²) in [5.74, 6) is 5.23. The van der Waals surface area contributed by atoms with Crippen molar-refractivity contribution in [1.29, 1.82) is 0 Å². The van der Waals surface area contributed by atoms with Crippen molar-refractivity contribution < 1.29 is 9.94 Å². The normalized spacial score (nSPS) is 10.3. The zero-order valence-corrected chi connectivity index (χ0v) is 8.30. The van der Waals surface area contributed by atoms with Crippen LogP contribution in [0.3, 0.4) is 0 Å². The Morgan fingerprint density at radius 1 is 1.54 bits per heavy atom. The number of aromatic hydroxyl groups is 1. The topological polar surface area (TPSA) is 55.5 Å². The maximum atomic E-state index is 9.50. The van der Waals surface area contributed by atoms with Crippen LogP contribution in [0.5, 0.6) is 5.75 Å². The molecule has 3 nitrogen and oxygen atoms in total. The molecule has 4 heteroatoms. The Hall–Kier alpha value is -0.710. The first kappa shape index (κ1) is 10.4. The molecule has 0 unspecified atom stereocenters. The number of thioether (sulfide) groups is 1. The molecule has 0 aliphatic carbocycles. The van der Waals surface area contributed by atoms with Crippen LogP contribution in [0.15, 0.2) is 23.1 Å². The Balaban J connectivity index is 2.71. The van der Waals surface area contributed by atoms with Gasteiger partial charge in [-0.1, -0.05) is 6.07 Å². The number of hydrogen-bond donors (Lipinski definition) is 2. The fourth-order valence-electron chi connectivity index (χ4n) is 1.07. The van der Waals surface area contributed by atoms with Crippen molar-refractivity contribution in [3.05, 3.63) is 23.8 Å². The van der Waals surface area contributed by atoms with E-state index in [9.17, 15) is 5.11 Å². The van der Waals surface area contributed by atoms with Crippen LogP contribution in [0, 0.1) is 0 Å². The lowest BCUT2D eigenvalue weighted by molar-refractivity contribution is 0.141. The molecule has 0 atom stereocenters. The fourth-order valence-corrected chi connectivity index (χ4v) is 1.54. The van der Waals surface area contributed by atoms with Gasteiger partial charge >= 0.3 is 0 Å². The largest absolute Gasteiger partial charge is 0.507 e. The number of benzene rings is 1. The molecule has 0 heterocycles. The average Bonchev–Trinajstić information content (AvgIpc) is 2.15. The Bertz CT molecular complexity index is 278. The molecule has 72 valence electrons. The van der Waals surface area contributed by atoms with Crippen LogP contribution in [0.25, 0.3) is 0 Å². The molecule has 0 saturated carbocycles. The van der Waals surface area contributed by atoms with Crippen LogP contribution in [-0.2, 0) is 11.3 Å². The van der Waals surface area contributed by atoms with Crippen LogP contribution in [0.1, 0.15) is 5.56 Å². The predicted molar refractivity (Wildman–Crippen MR) is 53.7 cm³/mol. The van der Waals surface area contributed by atoms with E-state index in [1.807, 2.05) is 18.4 Å². The molecule has 0 bridgehead atoms. The summed E-state index contributed by atoms with van der Waals surface area (Å²) in [5, 5.41) is 9.50. The molecule has 0 aliphatic heterocycles. The van der Waals surface area contributed by atoms with Gasteiger partial charge in [0, 0.05) is 4.90 Å². The van der Waals surface area contributed by atoms with E-state index in [1.54, 1.807) is 6.07 Å². The van der Waals surface area contributed by atoms with Gasteiger partial charge in [0.1, 0.15) is 5.75 Å². The van der Waals surface area contributed by atoms with Crippen molar-refractivity contribution in [3.63, 3.8) is 0 Å². The monoisotopic (exact) mass is 199 g/mol.